The fourth-order valence-corrected chi connectivity index (χ4v) is 1.07. The topological polar surface area (TPSA) is 55.1 Å². The van der Waals surface area contributed by atoms with Gasteiger partial charge in [0.25, 0.3) is 0 Å². The van der Waals surface area contributed by atoms with Crippen LogP contribution in [-0.2, 0) is 4.79 Å². The molecule has 0 aliphatic carbocycles. The molecule has 1 amide bonds. The Kier molecular flexibility index (Phi) is 6.74. The van der Waals surface area contributed by atoms with Crippen LogP contribution >= 0.6 is 22.6 Å². The Morgan fingerprint density at radius 2 is 2.25 bits per heavy atom. The van der Waals surface area contributed by atoms with Gasteiger partial charge in [0.05, 0.1) is 6.04 Å². The van der Waals surface area contributed by atoms with Gasteiger partial charge in [0.1, 0.15) is 0 Å². The molecule has 4 heteroatoms. The molecule has 0 fully saturated rings. The molecule has 0 rings (SSSR count). The standard InChI is InChI=1S/C8H17IN2O/c1-3-6(2)7(10)8(12)11-5-4-9/h6-7H,3-5,10H2,1-2H3,(H,11,12). The Labute approximate surface area is 87.6 Å². The number of rotatable bonds is 5. The van der Waals surface area contributed by atoms with Crippen LogP contribution in [0.3, 0.4) is 0 Å². The quantitative estimate of drug-likeness (QED) is 0.582. The van der Waals surface area contributed by atoms with E-state index < -0.39 is 0 Å². The molecule has 0 aromatic carbocycles. The minimum Gasteiger partial charge on any atom is -0.354 e. The van der Waals surface area contributed by atoms with Crippen molar-refractivity contribution < 1.29 is 4.79 Å². The molecule has 0 saturated carbocycles. The summed E-state index contributed by atoms with van der Waals surface area (Å²) in [6.07, 6.45) is 0.943. The molecule has 0 saturated heterocycles. The van der Waals surface area contributed by atoms with E-state index in [4.69, 9.17) is 5.73 Å². The summed E-state index contributed by atoms with van der Waals surface area (Å²) < 4.78 is 0.927. The Morgan fingerprint density at radius 1 is 1.67 bits per heavy atom. The zero-order valence-corrected chi connectivity index (χ0v) is 9.80. The first kappa shape index (κ1) is 12.2. The maximum atomic E-state index is 11.3. The first-order chi connectivity index (χ1) is 5.63. The van der Waals surface area contributed by atoms with Gasteiger partial charge in [-0.05, 0) is 5.92 Å². The second-order valence-electron chi connectivity index (χ2n) is 2.89. The number of nitrogens with one attached hydrogen (secondary N) is 1. The molecular formula is C8H17IN2O. The summed E-state index contributed by atoms with van der Waals surface area (Å²) >= 11 is 2.22. The lowest BCUT2D eigenvalue weighted by Crippen LogP contribution is -2.45. The summed E-state index contributed by atoms with van der Waals surface area (Å²) in [5, 5.41) is 2.78. The molecule has 0 aliphatic heterocycles. The van der Waals surface area contributed by atoms with Crippen molar-refractivity contribution in [1.82, 2.24) is 5.32 Å². The van der Waals surface area contributed by atoms with Crippen molar-refractivity contribution in [3.63, 3.8) is 0 Å². The molecule has 72 valence electrons. The van der Waals surface area contributed by atoms with E-state index in [9.17, 15) is 4.79 Å². The van der Waals surface area contributed by atoms with Gasteiger partial charge in [-0.1, -0.05) is 42.9 Å². The minimum absolute atomic E-state index is 0.0268. The molecule has 2 atom stereocenters. The summed E-state index contributed by atoms with van der Waals surface area (Å²) in [6, 6.07) is -0.349. The Hall–Kier alpha value is 0.160. The average molecular weight is 284 g/mol. The number of hydrogen-bond acceptors (Lipinski definition) is 2. The van der Waals surface area contributed by atoms with Crippen LogP contribution < -0.4 is 11.1 Å². The van der Waals surface area contributed by atoms with Crippen molar-refractivity contribution in [3.8, 4) is 0 Å². The molecule has 2 unspecified atom stereocenters. The van der Waals surface area contributed by atoms with Gasteiger partial charge in [-0.2, -0.15) is 0 Å². The van der Waals surface area contributed by atoms with Crippen LogP contribution in [0.25, 0.3) is 0 Å². The molecule has 12 heavy (non-hydrogen) atoms. The van der Waals surface area contributed by atoms with Crippen molar-refractivity contribution >= 4 is 28.5 Å². The molecule has 0 bridgehead atoms. The Bertz CT molecular complexity index is 141. The molecule has 0 aromatic rings. The van der Waals surface area contributed by atoms with Gasteiger partial charge in [0.15, 0.2) is 0 Å². The minimum atomic E-state index is -0.349. The van der Waals surface area contributed by atoms with Crippen LogP contribution in [0, 0.1) is 5.92 Å². The summed E-state index contributed by atoms with van der Waals surface area (Å²) in [6.45, 7) is 4.74. The van der Waals surface area contributed by atoms with Crippen LogP contribution in [0.15, 0.2) is 0 Å². The third-order valence-corrected chi connectivity index (χ3v) is 2.49. The van der Waals surface area contributed by atoms with E-state index in [1.165, 1.54) is 0 Å². The largest absolute Gasteiger partial charge is 0.354 e. The predicted octanol–water partition coefficient (Wildman–Crippen LogP) is 0.911. The second kappa shape index (κ2) is 6.65. The lowest BCUT2D eigenvalue weighted by molar-refractivity contribution is -0.123. The zero-order chi connectivity index (χ0) is 9.56. The SMILES string of the molecule is CCC(C)C(N)C(=O)NCCI. The lowest BCUT2D eigenvalue weighted by atomic mass is 9.99. The summed E-state index contributed by atoms with van der Waals surface area (Å²) in [4.78, 5) is 11.3. The third kappa shape index (κ3) is 4.25. The number of hydrogen-bond donors (Lipinski definition) is 2. The number of carbonyl (C=O) groups is 1. The van der Waals surface area contributed by atoms with E-state index in [2.05, 4.69) is 27.9 Å². The fraction of sp³-hybridized carbons (Fsp3) is 0.875. The van der Waals surface area contributed by atoms with Crippen LogP contribution in [0.2, 0.25) is 0 Å². The number of alkyl halides is 1. The summed E-state index contributed by atoms with van der Waals surface area (Å²) in [5.74, 6) is 0.236. The molecule has 0 aromatic heterocycles. The van der Waals surface area contributed by atoms with Gasteiger partial charge in [-0.15, -0.1) is 0 Å². The van der Waals surface area contributed by atoms with Crippen LogP contribution in [0.4, 0.5) is 0 Å². The highest BCUT2D eigenvalue weighted by molar-refractivity contribution is 14.1. The van der Waals surface area contributed by atoms with E-state index >= 15 is 0 Å². The van der Waals surface area contributed by atoms with E-state index in [0.29, 0.717) is 6.54 Å². The predicted molar refractivity (Wildman–Crippen MR) is 59.3 cm³/mol. The molecule has 3 nitrogen and oxygen atoms in total. The molecule has 0 heterocycles. The second-order valence-corrected chi connectivity index (χ2v) is 3.97. The average Bonchev–Trinajstić information content (AvgIpc) is 2.11. The third-order valence-electron chi connectivity index (χ3n) is 1.95. The Morgan fingerprint density at radius 3 is 2.67 bits per heavy atom. The Balaban J connectivity index is 3.75. The first-order valence-corrected chi connectivity index (χ1v) is 5.75. The number of carbonyl (C=O) groups excluding carboxylic acids is 1. The lowest BCUT2D eigenvalue weighted by Gasteiger charge is -2.17. The maximum Gasteiger partial charge on any atom is 0.237 e. The molecule has 0 spiro atoms. The highest BCUT2D eigenvalue weighted by Gasteiger charge is 2.18. The van der Waals surface area contributed by atoms with Gasteiger partial charge < -0.3 is 11.1 Å². The van der Waals surface area contributed by atoms with E-state index in [1.54, 1.807) is 0 Å². The normalized spacial score (nSPS) is 15.3. The van der Waals surface area contributed by atoms with Gasteiger partial charge in [0.2, 0.25) is 5.91 Å². The van der Waals surface area contributed by atoms with Crippen LogP contribution in [0.1, 0.15) is 20.3 Å². The van der Waals surface area contributed by atoms with Crippen molar-refractivity contribution in [1.29, 1.82) is 0 Å². The smallest absolute Gasteiger partial charge is 0.237 e. The molecule has 0 radical (unpaired) electrons. The summed E-state index contributed by atoms with van der Waals surface area (Å²) in [7, 11) is 0. The van der Waals surface area contributed by atoms with E-state index in [-0.39, 0.29) is 17.9 Å². The number of amides is 1. The highest BCUT2D eigenvalue weighted by atomic mass is 127. The monoisotopic (exact) mass is 284 g/mol. The number of halogens is 1. The van der Waals surface area contributed by atoms with Gasteiger partial charge in [-0.3, -0.25) is 4.79 Å². The fourth-order valence-electron chi connectivity index (χ4n) is 0.801. The van der Waals surface area contributed by atoms with E-state index in [0.717, 1.165) is 10.8 Å². The summed E-state index contributed by atoms with van der Waals surface area (Å²) in [5.41, 5.74) is 5.70. The zero-order valence-electron chi connectivity index (χ0n) is 7.64. The molecule has 0 aliphatic rings. The van der Waals surface area contributed by atoms with Crippen molar-refractivity contribution in [2.45, 2.75) is 26.3 Å². The van der Waals surface area contributed by atoms with Crippen molar-refractivity contribution in [2.24, 2.45) is 11.7 Å². The van der Waals surface area contributed by atoms with E-state index in [1.807, 2.05) is 13.8 Å². The maximum absolute atomic E-state index is 11.3. The highest BCUT2D eigenvalue weighted by Crippen LogP contribution is 2.04. The molecular weight excluding hydrogens is 267 g/mol. The number of nitrogens with two attached hydrogens (primary N) is 1. The van der Waals surface area contributed by atoms with Gasteiger partial charge in [-0.25, -0.2) is 0 Å². The van der Waals surface area contributed by atoms with Crippen LogP contribution in [-0.4, -0.2) is 22.9 Å². The van der Waals surface area contributed by atoms with Gasteiger partial charge >= 0.3 is 0 Å². The van der Waals surface area contributed by atoms with Crippen molar-refractivity contribution in [2.75, 3.05) is 11.0 Å². The molecule has 3 N–H and O–H groups in total. The first-order valence-electron chi connectivity index (χ1n) is 4.22. The van der Waals surface area contributed by atoms with Gasteiger partial charge in [0, 0.05) is 11.0 Å². The van der Waals surface area contributed by atoms with Crippen LogP contribution in [0.5, 0.6) is 0 Å². The van der Waals surface area contributed by atoms with Crippen molar-refractivity contribution in [3.05, 3.63) is 0 Å².